The van der Waals surface area contributed by atoms with Gasteiger partial charge in [0.15, 0.2) is 0 Å². The second-order valence-corrected chi connectivity index (χ2v) is 5.90. The molecule has 8 heteroatoms. The van der Waals surface area contributed by atoms with Crippen molar-refractivity contribution < 1.29 is 17.2 Å². The van der Waals surface area contributed by atoms with Gasteiger partial charge in [0.25, 0.3) is 0 Å². The van der Waals surface area contributed by atoms with Crippen LogP contribution in [0.5, 0.6) is 5.75 Å². The van der Waals surface area contributed by atoms with Crippen LogP contribution in [-0.2, 0) is 10.4 Å². The summed E-state index contributed by atoms with van der Waals surface area (Å²) in [4.78, 5) is 7.00. The van der Waals surface area contributed by atoms with Gasteiger partial charge in [0.05, 0.1) is 11.6 Å². The highest BCUT2D eigenvalue weighted by Gasteiger charge is 2.12. The SMILES string of the molecule is N#C/C(=C\c1cccnc1)c1c[nH]c2ccc(OS(=O)(=O)O)cc12. The summed E-state index contributed by atoms with van der Waals surface area (Å²) in [7, 11) is -4.61. The zero-order chi connectivity index (χ0) is 17.2. The summed E-state index contributed by atoms with van der Waals surface area (Å²) < 4.78 is 34.9. The fourth-order valence-corrected chi connectivity index (χ4v) is 2.64. The van der Waals surface area contributed by atoms with Gasteiger partial charge in [0.2, 0.25) is 0 Å². The van der Waals surface area contributed by atoms with Gasteiger partial charge in [-0.25, -0.2) is 0 Å². The minimum absolute atomic E-state index is 0.0514. The van der Waals surface area contributed by atoms with Crippen molar-refractivity contribution in [1.29, 1.82) is 5.26 Å². The summed E-state index contributed by atoms with van der Waals surface area (Å²) >= 11 is 0. The molecule has 0 aliphatic rings. The number of allylic oxidation sites excluding steroid dienone is 1. The van der Waals surface area contributed by atoms with Gasteiger partial charge in [-0.15, -0.1) is 0 Å². The van der Waals surface area contributed by atoms with Crippen LogP contribution < -0.4 is 4.18 Å². The molecule has 2 aromatic heterocycles. The second kappa shape index (κ2) is 6.16. The van der Waals surface area contributed by atoms with Crippen LogP contribution in [0.4, 0.5) is 0 Å². The van der Waals surface area contributed by atoms with Gasteiger partial charge in [-0.1, -0.05) is 6.07 Å². The number of hydrogen-bond donors (Lipinski definition) is 2. The van der Waals surface area contributed by atoms with Crippen LogP contribution in [0.15, 0.2) is 48.9 Å². The number of nitrogens with one attached hydrogen (secondary N) is 1. The Bertz CT molecular complexity index is 1060. The Balaban J connectivity index is 2.10. The van der Waals surface area contributed by atoms with E-state index in [0.717, 1.165) is 5.56 Å². The molecule has 0 unspecified atom stereocenters. The zero-order valence-electron chi connectivity index (χ0n) is 12.2. The van der Waals surface area contributed by atoms with Crippen molar-refractivity contribution in [1.82, 2.24) is 9.97 Å². The molecule has 1 aromatic carbocycles. The standard InChI is InChI=1S/C16H11N3O4S/c17-8-12(6-11-2-1-5-18-9-11)15-10-19-16-4-3-13(7-14(15)16)23-24(20,21)22/h1-7,9-10,19H,(H,20,21,22)/b12-6+. The Morgan fingerprint density at radius 1 is 1.38 bits per heavy atom. The lowest BCUT2D eigenvalue weighted by atomic mass is 10.0. The Morgan fingerprint density at radius 3 is 2.88 bits per heavy atom. The smallest absolute Gasteiger partial charge is 0.362 e. The average molecular weight is 341 g/mol. The van der Waals surface area contributed by atoms with Gasteiger partial charge in [0.1, 0.15) is 5.75 Å². The summed E-state index contributed by atoms with van der Waals surface area (Å²) in [6.45, 7) is 0. The molecule has 3 rings (SSSR count). The number of pyridine rings is 1. The van der Waals surface area contributed by atoms with Crippen molar-refractivity contribution in [3.63, 3.8) is 0 Å². The summed E-state index contributed by atoms with van der Waals surface area (Å²) in [5.74, 6) is -0.0514. The summed E-state index contributed by atoms with van der Waals surface area (Å²) in [5, 5.41) is 10.0. The van der Waals surface area contributed by atoms with Gasteiger partial charge < -0.3 is 9.17 Å². The average Bonchev–Trinajstić information content (AvgIpc) is 2.95. The van der Waals surface area contributed by atoms with E-state index in [4.69, 9.17) is 4.55 Å². The first-order valence-electron chi connectivity index (χ1n) is 6.76. The van der Waals surface area contributed by atoms with Crippen molar-refractivity contribution >= 4 is 33.0 Å². The van der Waals surface area contributed by atoms with Crippen LogP contribution in [-0.4, -0.2) is 22.9 Å². The van der Waals surface area contributed by atoms with Crippen molar-refractivity contribution in [3.8, 4) is 11.8 Å². The number of fused-ring (bicyclic) bond motifs is 1. The van der Waals surface area contributed by atoms with E-state index >= 15 is 0 Å². The highest BCUT2D eigenvalue weighted by Crippen LogP contribution is 2.29. The van der Waals surface area contributed by atoms with Crippen molar-refractivity contribution in [3.05, 3.63) is 60.0 Å². The van der Waals surface area contributed by atoms with Gasteiger partial charge in [-0.3, -0.25) is 9.54 Å². The molecule has 0 amide bonds. The van der Waals surface area contributed by atoms with Crippen molar-refractivity contribution in [2.75, 3.05) is 0 Å². The molecule has 0 aliphatic carbocycles. The van der Waals surface area contributed by atoms with Crippen LogP contribution in [0.3, 0.4) is 0 Å². The quantitative estimate of drug-likeness (QED) is 0.557. The molecule has 120 valence electrons. The van der Waals surface area contributed by atoms with E-state index in [1.807, 2.05) is 6.07 Å². The Labute approximate surface area is 137 Å². The number of benzene rings is 1. The van der Waals surface area contributed by atoms with Gasteiger partial charge >= 0.3 is 10.4 Å². The first kappa shape index (κ1) is 15.7. The molecule has 24 heavy (non-hydrogen) atoms. The van der Waals surface area contributed by atoms with Crippen molar-refractivity contribution in [2.24, 2.45) is 0 Å². The number of nitrogens with zero attached hydrogens (tertiary/aromatic N) is 2. The molecule has 0 atom stereocenters. The van der Waals surface area contributed by atoms with E-state index in [-0.39, 0.29) is 5.75 Å². The van der Waals surface area contributed by atoms with Crippen LogP contribution in [0.2, 0.25) is 0 Å². The third-order valence-corrected chi connectivity index (χ3v) is 3.66. The minimum atomic E-state index is -4.61. The molecule has 0 bridgehead atoms. The maximum atomic E-state index is 10.8. The number of nitriles is 1. The second-order valence-electron chi connectivity index (χ2n) is 4.88. The van der Waals surface area contributed by atoms with Gasteiger partial charge in [0, 0.05) is 35.1 Å². The largest absolute Gasteiger partial charge is 0.446 e. The predicted molar refractivity (Wildman–Crippen MR) is 88.2 cm³/mol. The predicted octanol–water partition coefficient (Wildman–Crippen LogP) is 2.81. The summed E-state index contributed by atoms with van der Waals surface area (Å²) in [6.07, 6.45) is 6.58. The van der Waals surface area contributed by atoms with Crippen LogP contribution in [0.25, 0.3) is 22.6 Å². The fraction of sp³-hybridized carbons (Fsp3) is 0. The van der Waals surface area contributed by atoms with E-state index in [9.17, 15) is 13.7 Å². The molecule has 0 saturated heterocycles. The molecule has 0 fully saturated rings. The Morgan fingerprint density at radius 2 is 2.21 bits per heavy atom. The molecule has 2 heterocycles. The van der Waals surface area contributed by atoms with Gasteiger partial charge in [-0.05, 0) is 35.9 Å². The number of hydrogen-bond acceptors (Lipinski definition) is 5. The Kier molecular flexibility index (Phi) is 4.04. The molecule has 0 saturated carbocycles. The topological polar surface area (TPSA) is 116 Å². The molecule has 0 radical (unpaired) electrons. The van der Waals surface area contributed by atoms with Crippen LogP contribution >= 0.6 is 0 Å². The lowest BCUT2D eigenvalue weighted by Gasteiger charge is -2.03. The first-order valence-corrected chi connectivity index (χ1v) is 8.13. The van der Waals surface area contributed by atoms with E-state index in [1.54, 1.807) is 36.8 Å². The lowest BCUT2D eigenvalue weighted by Crippen LogP contribution is -2.06. The minimum Gasteiger partial charge on any atom is -0.362 e. The maximum absolute atomic E-state index is 10.8. The normalized spacial score (nSPS) is 12.1. The summed E-state index contributed by atoms with van der Waals surface area (Å²) in [6, 6.07) is 10.1. The van der Waals surface area contributed by atoms with Gasteiger partial charge in [-0.2, -0.15) is 13.7 Å². The molecule has 2 N–H and O–H groups in total. The molecule has 3 aromatic rings. The van der Waals surface area contributed by atoms with E-state index in [2.05, 4.69) is 20.2 Å². The third-order valence-electron chi connectivity index (χ3n) is 3.26. The fourth-order valence-electron chi connectivity index (χ4n) is 2.29. The zero-order valence-corrected chi connectivity index (χ0v) is 13.0. The van der Waals surface area contributed by atoms with Crippen LogP contribution in [0.1, 0.15) is 11.1 Å². The van der Waals surface area contributed by atoms with E-state index in [0.29, 0.717) is 22.0 Å². The van der Waals surface area contributed by atoms with E-state index in [1.165, 1.54) is 12.1 Å². The Hall–Kier alpha value is -3.15. The van der Waals surface area contributed by atoms with E-state index < -0.39 is 10.4 Å². The monoisotopic (exact) mass is 341 g/mol. The third kappa shape index (κ3) is 3.43. The molecule has 7 nitrogen and oxygen atoms in total. The van der Waals surface area contributed by atoms with Crippen molar-refractivity contribution in [2.45, 2.75) is 0 Å². The first-order chi connectivity index (χ1) is 11.5. The lowest BCUT2D eigenvalue weighted by molar-refractivity contribution is 0.387. The number of aromatic nitrogens is 2. The highest BCUT2D eigenvalue weighted by atomic mass is 32.3. The molecule has 0 aliphatic heterocycles. The number of rotatable bonds is 4. The maximum Gasteiger partial charge on any atom is 0.446 e. The molecular weight excluding hydrogens is 330 g/mol. The number of H-pyrrole nitrogens is 1. The van der Waals surface area contributed by atoms with Crippen LogP contribution in [0, 0.1) is 11.3 Å². The number of aromatic amines is 1. The summed E-state index contributed by atoms with van der Waals surface area (Å²) in [5.41, 5.74) is 2.41. The highest BCUT2D eigenvalue weighted by molar-refractivity contribution is 7.81. The molecule has 0 spiro atoms. The molecular formula is C16H11N3O4S.